The fourth-order valence-corrected chi connectivity index (χ4v) is 9.91. The quantitative estimate of drug-likeness (QED) is 0.183. The number of ketones is 3. The SMILES string of the molecule is COC(=O)C12CC(=O)C(C(C)C)CC(=O)C(C)CCCC(C)CC(=O)C1C1C=C(C)CCC3OC3(C)CCC3OC(CC3(C)O)C1=C(C)C2. The number of Topliss-reactive ketones (excluding diaryl/α,β-unsaturated/α-hetero) is 3. The van der Waals surface area contributed by atoms with Crippen molar-refractivity contribution in [2.75, 3.05) is 7.11 Å². The smallest absolute Gasteiger partial charge is 0.313 e. The third-order valence-electron chi connectivity index (χ3n) is 13.1. The molecule has 49 heavy (non-hydrogen) atoms. The maximum atomic E-state index is 15.0. The summed E-state index contributed by atoms with van der Waals surface area (Å²) < 4.78 is 18.5. The van der Waals surface area contributed by atoms with Gasteiger partial charge in [0.25, 0.3) is 0 Å². The largest absolute Gasteiger partial charge is 0.469 e. The maximum Gasteiger partial charge on any atom is 0.313 e. The number of carbonyl (C=O) groups excluding carboxylic acids is 4. The molecule has 8 nitrogen and oxygen atoms in total. The summed E-state index contributed by atoms with van der Waals surface area (Å²) in [6.07, 6.45) is 7.66. The molecule has 5 rings (SSSR count). The average Bonchev–Trinajstić information content (AvgIpc) is 3.56. The van der Waals surface area contributed by atoms with Gasteiger partial charge in [-0.25, -0.2) is 0 Å². The molecule has 0 amide bonds. The second-order valence-electron chi connectivity index (χ2n) is 17.5. The molecule has 0 aromatic rings. The summed E-state index contributed by atoms with van der Waals surface area (Å²) >= 11 is 0. The summed E-state index contributed by atoms with van der Waals surface area (Å²) in [5.41, 5.74) is 0.215. The van der Waals surface area contributed by atoms with Gasteiger partial charge in [0.2, 0.25) is 0 Å². The Bertz CT molecular complexity index is 1370. The maximum absolute atomic E-state index is 15.0. The van der Waals surface area contributed by atoms with Crippen molar-refractivity contribution in [2.24, 2.45) is 40.9 Å². The predicted molar refractivity (Wildman–Crippen MR) is 188 cm³/mol. The van der Waals surface area contributed by atoms with E-state index in [1.807, 2.05) is 34.6 Å². The first kappa shape index (κ1) is 38.1. The second kappa shape index (κ2) is 14.5. The van der Waals surface area contributed by atoms with Crippen molar-refractivity contribution < 1.29 is 38.5 Å². The van der Waals surface area contributed by atoms with Crippen LogP contribution in [-0.4, -0.2) is 65.0 Å². The Balaban J connectivity index is 1.69. The second-order valence-corrected chi connectivity index (χ2v) is 17.5. The normalized spacial score (nSPS) is 42.8. The Kier molecular flexibility index (Phi) is 11.2. The molecule has 11 atom stereocenters. The molecule has 3 heterocycles. The zero-order valence-corrected chi connectivity index (χ0v) is 31.6. The van der Waals surface area contributed by atoms with E-state index in [4.69, 9.17) is 14.2 Å². The number of esters is 1. The van der Waals surface area contributed by atoms with Gasteiger partial charge >= 0.3 is 5.97 Å². The molecule has 2 aliphatic carbocycles. The third-order valence-corrected chi connectivity index (χ3v) is 13.1. The van der Waals surface area contributed by atoms with E-state index in [9.17, 15) is 24.3 Å². The van der Waals surface area contributed by atoms with Gasteiger partial charge < -0.3 is 19.3 Å². The van der Waals surface area contributed by atoms with Crippen molar-refractivity contribution >= 4 is 23.3 Å². The van der Waals surface area contributed by atoms with Crippen LogP contribution in [0.25, 0.3) is 0 Å². The van der Waals surface area contributed by atoms with E-state index in [0.717, 1.165) is 55.2 Å². The molecule has 0 aromatic carbocycles. The summed E-state index contributed by atoms with van der Waals surface area (Å²) in [5, 5.41) is 11.7. The van der Waals surface area contributed by atoms with E-state index in [1.54, 1.807) is 0 Å². The Morgan fingerprint density at radius 2 is 1.67 bits per heavy atom. The molecule has 1 N–H and O–H groups in total. The molecule has 2 saturated heterocycles. The van der Waals surface area contributed by atoms with Crippen LogP contribution in [0.5, 0.6) is 0 Å². The van der Waals surface area contributed by atoms with Crippen molar-refractivity contribution in [3.05, 3.63) is 22.8 Å². The predicted octanol–water partition coefficient (Wildman–Crippen LogP) is 7.29. The number of hydrogen-bond donors (Lipinski definition) is 1. The zero-order valence-electron chi connectivity index (χ0n) is 31.6. The molecule has 5 aliphatic rings. The Labute approximate surface area is 294 Å². The zero-order chi connectivity index (χ0) is 36.1. The van der Waals surface area contributed by atoms with Crippen LogP contribution >= 0.6 is 0 Å². The molecule has 3 fully saturated rings. The molecule has 0 spiro atoms. The van der Waals surface area contributed by atoms with E-state index in [1.165, 1.54) is 7.11 Å². The fourth-order valence-electron chi connectivity index (χ4n) is 9.91. The van der Waals surface area contributed by atoms with Crippen LogP contribution in [-0.2, 0) is 33.4 Å². The van der Waals surface area contributed by atoms with E-state index in [-0.39, 0.29) is 72.5 Å². The number of carbonyl (C=O) groups is 4. The molecule has 1 saturated carbocycles. The topological polar surface area (TPSA) is 120 Å². The van der Waals surface area contributed by atoms with Crippen LogP contribution in [0.3, 0.4) is 0 Å². The van der Waals surface area contributed by atoms with Gasteiger partial charge in [0.05, 0.1) is 42.0 Å². The first-order valence-corrected chi connectivity index (χ1v) is 19.0. The number of hydrogen-bond acceptors (Lipinski definition) is 8. The van der Waals surface area contributed by atoms with Crippen molar-refractivity contribution in [3.63, 3.8) is 0 Å². The number of aliphatic hydroxyl groups is 1. The third kappa shape index (κ3) is 7.72. The van der Waals surface area contributed by atoms with Gasteiger partial charge in [0.15, 0.2) is 0 Å². The highest BCUT2D eigenvalue weighted by Crippen LogP contribution is 2.56. The standard InChI is InChI=1S/C41H62O8/c1-23(2)28-19-30(42)26(5)12-10-11-24(3)18-31(43)37-29-17-25(4)13-14-35-40(8,49-35)16-15-34-39(7,46)22-33(48-34)36(29)27(6)20-41(37,21-32(28)44)38(45)47-9/h17,23-24,26,28-29,33-35,37,46H,10-16,18-22H2,1-9H3. The van der Waals surface area contributed by atoms with Gasteiger partial charge in [-0.05, 0) is 83.6 Å². The average molecular weight is 683 g/mol. The molecular weight excluding hydrogens is 620 g/mol. The Morgan fingerprint density at radius 3 is 2.35 bits per heavy atom. The minimum atomic E-state index is -1.43. The number of allylic oxidation sites excluding steroid dienone is 3. The number of methoxy groups -OCH3 is 1. The molecular formula is C41H62O8. The molecule has 274 valence electrons. The minimum absolute atomic E-state index is 0.0317. The van der Waals surface area contributed by atoms with Crippen LogP contribution in [0.1, 0.15) is 132 Å². The van der Waals surface area contributed by atoms with E-state index < -0.39 is 46.9 Å². The van der Waals surface area contributed by atoms with Crippen molar-refractivity contribution in [3.8, 4) is 0 Å². The van der Waals surface area contributed by atoms with Crippen LogP contribution in [0, 0.1) is 40.9 Å². The number of ether oxygens (including phenoxy) is 3. The van der Waals surface area contributed by atoms with Crippen LogP contribution in [0.15, 0.2) is 22.8 Å². The van der Waals surface area contributed by atoms with E-state index in [2.05, 4.69) is 26.8 Å². The van der Waals surface area contributed by atoms with Crippen LogP contribution in [0.4, 0.5) is 0 Å². The van der Waals surface area contributed by atoms with Gasteiger partial charge in [-0.1, -0.05) is 57.8 Å². The van der Waals surface area contributed by atoms with Crippen molar-refractivity contribution in [1.29, 1.82) is 0 Å². The number of rotatable bonds is 2. The minimum Gasteiger partial charge on any atom is -0.469 e. The summed E-state index contributed by atoms with van der Waals surface area (Å²) in [4.78, 5) is 57.3. The van der Waals surface area contributed by atoms with Crippen molar-refractivity contribution in [2.45, 2.75) is 162 Å². The molecule has 3 aliphatic heterocycles. The van der Waals surface area contributed by atoms with E-state index >= 15 is 0 Å². The van der Waals surface area contributed by atoms with Gasteiger partial charge in [0.1, 0.15) is 17.3 Å². The lowest BCUT2D eigenvalue weighted by atomic mass is 9.54. The Morgan fingerprint density at radius 1 is 0.959 bits per heavy atom. The summed E-state index contributed by atoms with van der Waals surface area (Å²) in [5.74, 6) is -2.80. The van der Waals surface area contributed by atoms with Gasteiger partial charge in [-0.15, -0.1) is 0 Å². The van der Waals surface area contributed by atoms with Gasteiger partial charge in [-0.2, -0.15) is 0 Å². The number of epoxide rings is 1. The molecule has 8 heteroatoms. The monoisotopic (exact) mass is 682 g/mol. The summed E-state index contributed by atoms with van der Waals surface area (Å²) in [6.45, 7) is 16.0. The number of fused-ring (bicyclic) bond motifs is 7. The molecule has 0 aromatic heterocycles. The highest BCUT2D eigenvalue weighted by atomic mass is 16.6. The highest BCUT2D eigenvalue weighted by molar-refractivity contribution is 5.96. The van der Waals surface area contributed by atoms with Crippen LogP contribution in [0.2, 0.25) is 0 Å². The van der Waals surface area contributed by atoms with Gasteiger partial charge in [-0.3, -0.25) is 19.2 Å². The molecule has 11 unspecified atom stereocenters. The van der Waals surface area contributed by atoms with Crippen LogP contribution < -0.4 is 0 Å². The molecule has 0 radical (unpaired) electrons. The van der Waals surface area contributed by atoms with Crippen molar-refractivity contribution in [1.82, 2.24) is 0 Å². The lowest BCUT2D eigenvalue weighted by molar-refractivity contribution is -0.165. The van der Waals surface area contributed by atoms with Gasteiger partial charge in [0, 0.05) is 49.4 Å². The van der Waals surface area contributed by atoms with E-state index in [0.29, 0.717) is 12.8 Å². The first-order valence-electron chi connectivity index (χ1n) is 19.0. The lowest BCUT2D eigenvalue weighted by Crippen LogP contribution is -2.53. The Hall–Kier alpha value is -2.16. The summed E-state index contributed by atoms with van der Waals surface area (Å²) in [6, 6.07) is 0. The summed E-state index contributed by atoms with van der Waals surface area (Å²) in [7, 11) is 1.34. The molecule has 2 bridgehead atoms. The lowest BCUT2D eigenvalue weighted by Gasteiger charge is -2.47. The fraction of sp³-hybridized carbons (Fsp3) is 0.805. The highest BCUT2D eigenvalue weighted by Gasteiger charge is 2.60. The first-order chi connectivity index (χ1) is 22.9.